The zero-order valence-electron chi connectivity index (χ0n) is 61.5. The molecule has 7 rings (SSSR count). The number of nitrogen functional groups attached to an aromatic ring is 1. The number of phosphoric ester groups is 1. The summed E-state index contributed by atoms with van der Waals surface area (Å²) in [7, 11) is -22.7. The zero-order valence-corrected chi connectivity index (χ0v) is 67.4. The van der Waals surface area contributed by atoms with Crippen molar-refractivity contribution in [3.63, 3.8) is 0 Å². The molecule has 5 heterocycles. The summed E-state index contributed by atoms with van der Waals surface area (Å²) < 4.78 is 153. The minimum atomic E-state index is -5.84. The summed E-state index contributed by atoms with van der Waals surface area (Å²) in [5, 5.41) is 8.64. The molecule has 3 aliphatic rings. The number of benzene rings is 2. The van der Waals surface area contributed by atoms with Gasteiger partial charge < -0.3 is 78.7 Å². The Bertz CT molecular complexity index is 4590. The molecule has 0 bridgehead atoms. The monoisotopic (exact) mass is 1680 g/mol. The third-order valence-electron chi connectivity index (χ3n) is 17.1. The lowest BCUT2D eigenvalue weighted by Gasteiger charge is -2.25. The minimum absolute atomic E-state index is 0.0324. The van der Waals surface area contributed by atoms with Crippen molar-refractivity contribution < 1.29 is 120 Å². The molecule has 0 saturated carbocycles. The van der Waals surface area contributed by atoms with E-state index < -0.39 is 98.0 Å². The molecule has 0 spiro atoms. The SMILES string of the molecule is CCN1\C(=C/C=C/C=C/C2=[N+](CCCCCC(=O)NCCOCCOCCNOCCC(C)(C)SSCOCCCCOC(=O)NCC#Cc3cn([C@H]4C[C@H](OCN=[N+]=[N-])[C@@H](COP(=O)(O)OP(=O)(O)OP(=O)(O)O)O4)c4nc(N)[nH]c(=O)c34)c3ccc(S(=O)(=O)O)cc3C2(C)C)C(C)(C)c2cc(S(=O)(=O)O)ccc21. The molecule has 0 radical (unpaired) electrons. The highest BCUT2D eigenvalue weighted by atomic mass is 33.1. The van der Waals surface area contributed by atoms with Crippen LogP contribution in [0.25, 0.3) is 21.5 Å². The smallest absolute Gasteiger partial charge is 0.450 e. The number of hydroxylamine groups is 1. The number of fused-ring (bicyclic) bond motifs is 3. The Balaban J connectivity index is 0.700. The standard InChI is InChI=1S/C65H93N12O26P3S4/c1-8-75-50-24-22-46(109(88,89)90)38-48(50)64(4,5)54(75)19-11-9-12-20-55-65(6,7)49-39-47(110(91,92)93)23-25-51(49)76(55)30-14-10-13-21-56(78)68-28-34-94-36-37-95-35-29-71-99-33-26-63(2,3)108-107-44-96-31-15-16-32-97-62(80)69-27-17-18-45-41-77(59-58(45)60(79)73-61(66)72-59)57-40-52(98-43-70-74-67)53(101-57)42-100-105(84,85)103-106(86,87)102-104(81,82)83/h9,11-12,19-20,22-25,38-39,41,52-53,57,71H,8,10,13-16,21,26-37,40,42-44H2,1-7H3,(H10-,66,68,69,72,73,78,79,80,81,82,83,84,85,86,87,88,89,90,91,92,93)/p+1/t52-,53+,57+/m0/s1. The summed E-state index contributed by atoms with van der Waals surface area (Å²) in [5.74, 6) is 5.57. The van der Waals surface area contributed by atoms with Gasteiger partial charge in [-0.3, -0.25) is 28.2 Å². The van der Waals surface area contributed by atoms with Crippen molar-refractivity contribution in [2.45, 2.75) is 144 Å². The number of carbonyl (C=O) groups is 2. The number of anilines is 2. The van der Waals surface area contributed by atoms with Crippen LogP contribution < -0.4 is 32.3 Å². The second kappa shape index (κ2) is 41.1. The van der Waals surface area contributed by atoms with Gasteiger partial charge in [0.05, 0.1) is 85.1 Å². The summed E-state index contributed by atoms with van der Waals surface area (Å²) in [5.41, 5.74) is 20.7. The maximum Gasteiger partial charge on any atom is 0.490 e. The van der Waals surface area contributed by atoms with E-state index in [1.54, 1.807) is 33.7 Å². The predicted molar refractivity (Wildman–Crippen MR) is 407 cm³/mol. The highest BCUT2D eigenvalue weighted by Crippen LogP contribution is 2.66. The van der Waals surface area contributed by atoms with Crippen LogP contribution in [0.4, 0.5) is 22.1 Å². The van der Waals surface area contributed by atoms with Crippen molar-refractivity contribution in [3.8, 4) is 11.8 Å². The van der Waals surface area contributed by atoms with E-state index in [2.05, 4.69) is 79.9 Å². The van der Waals surface area contributed by atoms with Crippen LogP contribution in [-0.2, 0) is 96.0 Å². The number of rotatable bonds is 46. The molecule has 12 N–H and O–H groups in total. The first-order chi connectivity index (χ1) is 51.8. The van der Waals surface area contributed by atoms with E-state index in [0.717, 1.165) is 53.2 Å². The van der Waals surface area contributed by atoms with E-state index in [1.807, 2.05) is 65.0 Å². The highest BCUT2D eigenvalue weighted by Gasteiger charge is 2.47. The van der Waals surface area contributed by atoms with E-state index in [4.69, 9.17) is 58.8 Å². The van der Waals surface area contributed by atoms with Crippen LogP contribution in [-0.4, -0.2) is 198 Å². The fourth-order valence-electron chi connectivity index (χ4n) is 11.9. The quantitative estimate of drug-likeness (QED) is 0.00160. The topological polar surface area (TPSA) is 535 Å². The first-order valence-electron chi connectivity index (χ1n) is 34.5. The minimum Gasteiger partial charge on any atom is -0.450 e. The summed E-state index contributed by atoms with van der Waals surface area (Å²) in [4.78, 5) is 92.0. The van der Waals surface area contributed by atoms with Crippen molar-refractivity contribution in [2.24, 2.45) is 5.11 Å². The van der Waals surface area contributed by atoms with Gasteiger partial charge in [0.15, 0.2) is 11.4 Å². The van der Waals surface area contributed by atoms with E-state index in [1.165, 1.54) is 35.0 Å². The predicted octanol–water partition coefficient (Wildman–Crippen LogP) is 8.59. The number of aromatic nitrogens is 3. The molecule has 3 aliphatic heterocycles. The second-order valence-corrected chi connectivity index (χ2v) is 36.6. The molecule has 4 aromatic rings. The van der Waals surface area contributed by atoms with Crippen LogP contribution >= 0.6 is 45.1 Å². The Kier molecular flexibility index (Phi) is 33.9. The number of azide groups is 1. The molecule has 1 fully saturated rings. The summed E-state index contributed by atoms with van der Waals surface area (Å²) in [6.45, 7) is 17.0. The van der Waals surface area contributed by atoms with E-state index in [0.29, 0.717) is 97.4 Å². The summed E-state index contributed by atoms with van der Waals surface area (Å²) in [6.07, 6.45) is 11.0. The van der Waals surface area contributed by atoms with Gasteiger partial charge in [-0.2, -0.15) is 35.0 Å². The number of ether oxygens (including phenoxy) is 6. The highest BCUT2D eigenvalue weighted by molar-refractivity contribution is 8.77. The largest absolute Gasteiger partial charge is 0.490 e. The lowest BCUT2D eigenvalue weighted by atomic mass is 9.81. The molecular weight excluding hydrogens is 1590 g/mol. The van der Waals surface area contributed by atoms with Gasteiger partial charge >= 0.3 is 29.6 Å². The average molecular weight is 1680 g/mol. The lowest BCUT2D eigenvalue weighted by molar-refractivity contribution is -0.438. The number of H-pyrrole nitrogens is 1. The molecule has 45 heteroatoms. The van der Waals surface area contributed by atoms with Crippen LogP contribution in [0.5, 0.6) is 0 Å². The number of hydrogen-bond acceptors (Lipinski definition) is 27. The van der Waals surface area contributed by atoms with Crippen molar-refractivity contribution in [1.82, 2.24) is 30.6 Å². The van der Waals surface area contributed by atoms with E-state index in [-0.39, 0.29) is 62.6 Å². The van der Waals surface area contributed by atoms with Gasteiger partial charge in [0.1, 0.15) is 31.5 Å². The van der Waals surface area contributed by atoms with Crippen LogP contribution in [0.1, 0.15) is 123 Å². The second-order valence-electron chi connectivity index (χ2n) is 26.4. The van der Waals surface area contributed by atoms with Gasteiger partial charge in [0.25, 0.3) is 25.8 Å². The lowest BCUT2D eigenvalue weighted by Crippen LogP contribution is -2.29. The molecule has 0 aliphatic carbocycles. The third kappa shape index (κ3) is 27.4. The van der Waals surface area contributed by atoms with Crippen LogP contribution in [0.2, 0.25) is 0 Å². The number of nitrogens with two attached hydrogens (primary N) is 1. The Hall–Kier alpha value is -6.39. The molecule has 608 valence electrons. The van der Waals surface area contributed by atoms with Crippen LogP contribution in [0, 0.1) is 11.8 Å². The molecule has 5 atom stereocenters. The molecule has 2 aromatic heterocycles. The van der Waals surface area contributed by atoms with Gasteiger partial charge in [-0.05, 0) is 114 Å². The van der Waals surface area contributed by atoms with Crippen LogP contribution in [0.3, 0.4) is 0 Å². The number of aromatic amines is 1. The third-order valence-corrected chi connectivity index (χ3v) is 25.7. The Morgan fingerprint density at radius 2 is 1.58 bits per heavy atom. The molecule has 110 heavy (non-hydrogen) atoms. The number of likely N-dealkylation sites (N-methyl/N-ethyl adjacent to an activating group) is 1. The van der Waals surface area contributed by atoms with Crippen molar-refractivity contribution in [1.29, 1.82) is 0 Å². The first-order valence-corrected chi connectivity index (χ1v) is 44.2. The number of hydrogen-bond donors (Lipinski definition) is 11. The first kappa shape index (κ1) is 90.8. The van der Waals surface area contributed by atoms with Crippen LogP contribution in [0.15, 0.2) is 98.4 Å². The van der Waals surface area contributed by atoms with Gasteiger partial charge in [-0.25, -0.2) is 24.0 Å². The van der Waals surface area contributed by atoms with Gasteiger partial charge in [-0.15, -0.1) is 0 Å². The Morgan fingerprint density at radius 1 is 0.882 bits per heavy atom. The Morgan fingerprint density at radius 3 is 2.28 bits per heavy atom. The number of carbonyl (C=O) groups excluding carboxylic acids is 2. The van der Waals surface area contributed by atoms with E-state index in [9.17, 15) is 63.8 Å². The van der Waals surface area contributed by atoms with Crippen molar-refractivity contribution in [3.05, 3.63) is 116 Å². The maximum absolute atomic E-state index is 13.1. The molecule has 2 amide bonds. The fraction of sp³-hybridized carbons (Fsp3) is 0.554. The number of nitrogens with one attached hydrogen (secondary N) is 4. The van der Waals surface area contributed by atoms with Crippen molar-refractivity contribution in [2.75, 3.05) is 109 Å². The van der Waals surface area contributed by atoms with Crippen molar-refractivity contribution >= 4 is 111 Å². The molecule has 2 aromatic carbocycles. The van der Waals surface area contributed by atoms with E-state index >= 15 is 0 Å². The van der Waals surface area contributed by atoms with Gasteiger partial charge in [0, 0.05) is 95.9 Å². The number of unbranched alkanes of at least 4 members (excludes halogenated alkanes) is 3. The number of nitrogens with zero attached hydrogens (tertiary/aromatic N) is 7. The molecular formula is C65H94N12O26P3S4+. The number of amides is 2. The summed E-state index contributed by atoms with van der Waals surface area (Å²) in [6, 6.07) is 9.25. The molecule has 2 unspecified atom stereocenters. The number of phosphoric acid groups is 3. The fourth-order valence-corrected chi connectivity index (χ4v) is 18.3. The van der Waals surface area contributed by atoms with Gasteiger partial charge in [0.2, 0.25) is 17.5 Å². The maximum atomic E-state index is 13.1. The number of alkyl carbamates (subject to hydrolysis) is 1. The van der Waals surface area contributed by atoms with Gasteiger partial charge in [-0.1, -0.05) is 70.6 Å². The average Bonchev–Trinajstić information content (AvgIpc) is 1.61. The summed E-state index contributed by atoms with van der Waals surface area (Å²) >= 11 is 0. The molecule has 38 nitrogen and oxygen atoms in total. The Labute approximate surface area is 643 Å². The normalized spacial score (nSPS) is 18.5. The number of allylic oxidation sites excluding steroid dienone is 6. The zero-order chi connectivity index (χ0) is 80.7. The molecule has 1 saturated heterocycles.